The second-order valence-corrected chi connectivity index (χ2v) is 21.9. The van der Waals surface area contributed by atoms with Gasteiger partial charge < -0.3 is 9.47 Å². The minimum absolute atomic E-state index is 0.368. The monoisotopic (exact) mass is 542 g/mol. The Morgan fingerprint density at radius 2 is 0.868 bits per heavy atom. The van der Waals surface area contributed by atoms with E-state index in [1.807, 2.05) is 48.5 Å². The molecule has 38 heavy (non-hydrogen) atoms. The van der Waals surface area contributed by atoms with Gasteiger partial charge in [-0.1, -0.05) is 99.2 Å². The van der Waals surface area contributed by atoms with Gasteiger partial charge in [0.2, 0.25) is 0 Å². The number of carbonyl (C=O) groups excluding carboxylic acids is 2. The maximum atomic E-state index is 11.9. The van der Waals surface area contributed by atoms with Crippen LogP contribution in [-0.2, 0) is 9.59 Å². The number of carbonyl (C=O) groups is 2. The van der Waals surface area contributed by atoms with Crippen molar-refractivity contribution in [1.82, 2.24) is 0 Å². The van der Waals surface area contributed by atoms with Crippen LogP contribution in [0.2, 0.25) is 39.3 Å². The molecule has 3 aromatic rings. The van der Waals surface area contributed by atoms with E-state index < -0.39 is 28.1 Å². The van der Waals surface area contributed by atoms with Gasteiger partial charge >= 0.3 is 11.9 Å². The molecule has 0 saturated heterocycles. The lowest BCUT2D eigenvalue weighted by Gasteiger charge is -2.28. The number of esters is 2. The van der Waals surface area contributed by atoms with Crippen molar-refractivity contribution in [2.45, 2.75) is 53.1 Å². The van der Waals surface area contributed by atoms with Crippen LogP contribution in [0.15, 0.2) is 85.0 Å². The summed E-state index contributed by atoms with van der Waals surface area (Å²) in [5, 5.41) is 2.72. The maximum Gasteiger partial charge on any atom is 0.338 e. The molecule has 0 saturated carbocycles. The van der Waals surface area contributed by atoms with Gasteiger partial charge in [-0.05, 0) is 60.4 Å². The minimum Gasteiger partial charge on any atom is -0.423 e. The molecule has 0 N–H and O–H groups in total. The molecule has 4 nitrogen and oxygen atoms in total. The lowest BCUT2D eigenvalue weighted by molar-refractivity contribution is -0.130. The lowest BCUT2D eigenvalue weighted by Crippen LogP contribution is -2.44. The molecule has 0 aliphatic rings. The van der Waals surface area contributed by atoms with Crippen LogP contribution in [0.3, 0.4) is 0 Å². The highest BCUT2D eigenvalue weighted by Gasteiger charge is 2.28. The fraction of sp³-hybridized carbons (Fsp3) is 0.250. The fourth-order valence-electron chi connectivity index (χ4n) is 4.11. The average molecular weight is 543 g/mol. The molecule has 0 fully saturated rings. The maximum absolute atomic E-state index is 11.9. The Labute approximate surface area is 229 Å². The minimum atomic E-state index is -1.77. The van der Waals surface area contributed by atoms with E-state index in [0.717, 1.165) is 11.1 Å². The predicted octanol–water partition coefficient (Wildman–Crippen LogP) is 7.07. The van der Waals surface area contributed by atoms with Crippen LogP contribution in [0.4, 0.5) is 0 Å². The van der Waals surface area contributed by atoms with E-state index in [9.17, 15) is 9.59 Å². The molecule has 0 aliphatic heterocycles. The van der Waals surface area contributed by atoms with Gasteiger partial charge in [-0.15, -0.1) is 0 Å². The van der Waals surface area contributed by atoms with E-state index in [1.165, 1.54) is 21.5 Å². The zero-order valence-electron chi connectivity index (χ0n) is 23.8. The van der Waals surface area contributed by atoms with Crippen LogP contribution in [0, 0.1) is 0 Å². The van der Waals surface area contributed by atoms with E-state index in [-0.39, 0.29) is 0 Å². The molecule has 0 unspecified atom stereocenters. The topological polar surface area (TPSA) is 52.6 Å². The van der Waals surface area contributed by atoms with Gasteiger partial charge in [0.25, 0.3) is 0 Å². The highest BCUT2D eigenvalue weighted by molar-refractivity contribution is 6.91. The van der Waals surface area contributed by atoms with Crippen molar-refractivity contribution in [2.75, 3.05) is 0 Å². The number of benzene rings is 3. The van der Waals surface area contributed by atoms with Gasteiger partial charge in [0.1, 0.15) is 11.5 Å². The molecule has 0 atom stereocenters. The summed E-state index contributed by atoms with van der Waals surface area (Å²) in [6.45, 7) is 24.7. The molecule has 0 bridgehead atoms. The number of ether oxygens (including phenoxy) is 2. The molecule has 0 heterocycles. The summed E-state index contributed by atoms with van der Waals surface area (Å²) in [7, 11) is -3.54. The van der Waals surface area contributed by atoms with Crippen molar-refractivity contribution in [3.8, 4) is 33.8 Å². The second-order valence-electron chi connectivity index (χ2n) is 11.8. The van der Waals surface area contributed by atoms with E-state index in [0.29, 0.717) is 22.6 Å². The van der Waals surface area contributed by atoms with Gasteiger partial charge in [0.15, 0.2) is 0 Å². The summed E-state index contributed by atoms with van der Waals surface area (Å²) >= 11 is 0. The quantitative estimate of drug-likeness (QED) is 0.132. The van der Waals surface area contributed by atoms with Crippen LogP contribution < -0.4 is 19.8 Å². The van der Waals surface area contributed by atoms with Crippen LogP contribution in [0.25, 0.3) is 22.3 Å². The van der Waals surface area contributed by atoms with Crippen LogP contribution >= 0.6 is 0 Å². The molecule has 0 amide bonds. The third-order valence-electron chi connectivity index (χ3n) is 6.22. The molecule has 0 aliphatic carbocycles. The average Bonchev–Trinajstić information content (AvgIpc) is 2.83. The van der Waals surface area contributed by atoms with Crippen LogP contribution in [0.1, 0.15) is 13.8 Å². The third kappa shape index (κ3) is 6.88. The summed E-state index contributed by atoms with van der Waals surface area (Å²) in [4.78, 5) is 23.9. The van der Waals surface area contributed by atoms with Crippen molar-refractivity contribution in [3.63, 3.8) is 0 Å². The van der Waals surface area contributed by atoms with E-state index >= 15 is 0 Å². The normalized spacial score (nSPS) is 11.6. The largest absolute Gasteiger partial charge is 0.423 e. The molecule has 0 spiro atoms. The van der Waals surface area contributed by atoms with Gasteiger partial charge in [-0.2, -0.15) is 0 Å². The third-order valence-corrected chi connectivity index (χ3v) is 10.3. The second kappa shape index (κ2) is 11.1. The standard InChI is InChI=1S/C32H38O4Si2/c1-21(2)31(33)35-25-15-11-23(12-16-25)27-19-30(38(8,9)10)28(20-29(27)37(5,6)7)24-13-17-26(18-14-24)36-32(34)22(3)4/h11-20H,1,3H2,2,4-10H3. The van der Waals surface area contributed by atoms with Gasteiger partial charge in [-0.25, -0.2) is 9.59 Å². The molecule has 0 aromatic heterocycles. The zero-order valence-corrected chi connectivity index (χ0v) is 25.8. The van der Waals surface area contributed by atoms with Crippen LogP contribution in [0.5, 0.6) is 11.5 Å². The summed E-state index contributed by atoms with van der Waals surface area (Å²) < 4.78 is 10.8. The SMILES string of the molecule is C=C(C)C(=O)Oc1ccc(-c2cc([Si](C)(C)C)c(-c3ccc(OC(=O)C(=C)C)cc3)cc2[Si](C)(C)C)cc1. The van der Waals surface area contributed by atoms with Gasteiger partial charge in [0.05, 0.1) is 16.1 Å². The number of hydrogen-bond acceptors (Lipinski definition) is 4. The van der Waals surface area contributed by atoms with Crippen molar-refractivity contribution in [3.05, 3.63) is 85.0 Å². The molecule has 198 valence electrons. The molecule has 3 rings (SSSR count). The van der Waals surface area contributed by atoms with Crippen molar-refractivity contribution >= 4 is 38.5 Å². The van der Waals surface area contributed by atoms with Crippen molar-refractivity contribution in [1.29, 1.82) is 0 Å². The first kappa shape index (κ1) is 29.1. The summed E-state index contributed by atoms with van der Waals surface area (Å²) in [6, 6.07) is 20.2. The van der Waals surface area contributed by atoms with Crippen molar-refractivity contribution < 1.29 is 19.1 Å². The first-order valence-electron chi connectivity index (χ1n) is 12.7. The van der Waals surface area contributed by atoms with Crippen molar-refractivity contribution in [2.24, 2.45) is 0 Å². The zero-order chi connectivity index (χ0) is 28.4. The van der Waals surface area contributed by atoms with E-state index in [2.05, 4.69) is 64.6 Å². The Morgan fingerprint density at radius 3 is 1.11 bits per heavy atom. The predicted molar refractivity (Wildman–Crippen MR) is 164 cm³/mol. The summed E-state index contributed by atoms with van der Waals surface area (Å²) in [5.41, 5.74) is 5.40. The van der Waals surface area contributed by atoms with Crippen LogP contribution in [-0.4, -0.2) is 28.1 Å². The lowest BCUT2D eigenvalue weighted by atomic mass is 9.99. The molecule has 6 heteroatoms. The number of hydrogen-bond donors (Lipinski definition) is 0. The Bertz CT molecular complexity index is 1280. The molecule has 0 radical (unpaired) electrons. The van der Waals surface area contributed by atoms with E-state index in [1.54, 1.807) is 13.8 Å². The number of rotatable bonds is 8. The Balaban J connectivity index is 2.13. The highest BCUT2D eigenvalue weighted by atomic mass is 28.3. The summed E-state index contributed by atoms with van der Waals surface area (Å²) in [5.74, 6) is 0.161. The highest BCUT2D eigenvalue weighted by Crippen LogP contribution is 2.29. The Kier molecular flexibility index (Phi) is 8.49. The summed E-state index contributed by atoms with van der Waals surface area (Å²) in [6.07, 6.45) is 0. The first-order chi connectivity index (χ1) is 17.6. The molecule has 3 aromatic carbocycles. The Morgan fingerprint density at radius 1 is 0.579 bits per heavy atom. The van der Waals surface area contributed by atoms with Gasteiger partial charge in [0, 0.05) is 11.1 Å². The molecular formula is C32H38O4Si2. The van der Waals surface area contributed by atoms with E-state index in [4.69, 9.17) is 9.47 Å². The van der Waals surface area contributed by atoms with Gasteiger partial charge in [-0.3, -0.25) is 0 Å². The molecular weight excluding hydrogens is 505 g/mol. The first-order valence-corrected chi connectivity index (χ1v) is 19.7. The smallest absolute Gasteiger partial charge is 0.338 e. The fourth-order valence-corrected chi connectivity index (χ4v) is 7.32. The Hall–Kier alpha value is -3.49.